The van der Waals surface area contributed by atoms with E-state index in [1.165, 1.54) is 19.3 Å². The highest BCUT2D eigenvalue weighted by Crippen LogP contribution is 2.20. The van der Waals surface area contributed by atoms with Crippen LogP contribution in [-0.2, 0) is 9.53 Å². The second kappa shape index (κ2) is 6.50. The van der Waals surface area contributed by atoms with Gasteiger partial charge in [-0.2, -0.15) is 0 Å². The molecular weight excluding hydrogens is 232 g/mol. The number of hydrogen-bond acceptors (Lipinski definition) is 4. The van der Waals surface area contributed by atoms with Crippen molar-refractivity contribution in [3.8, 4) is 0 Å². The molecule has 104 valence electrons. The Labute approximate surface area is 109 Å². The molecule has 2 atom stereocenters. The van der Waals surface area contributed by atoms with Gasteiger partial charge in [0.2, 0.25) is 5.91 Å². The van der Waals surface area contributed by atoms with E-state index >= 15 is 0 Å². The summed E-state index contributed by atoms with van der Waals surface area (Å²) in [7, 11) is 0. The molecule has 0 radical (unpaired) electrons. The Bertz CT molecular complexity index is 279. The number of carbonyl (C=O) groups excluding carboxylic acids is 1. The lowest BCUT2D eigenvalue weighted by atomic mass is 10.1. The monoisotopic (exact) mass is 256 g/mol. The predicted octanol–water partition coefficient (Wildman–Crippen LogP) is 0.0805. The molecule has 0 spiro atoms. The molecule has 1 N–H and O–H groups in total. The topological polar surface area (TPSA) is 53.0 Å². The van der Waals surface area contributed by atoms with Gasteiger partial charge in [-0.15, -0.1) is 0 Å². The smallest absolute Gasteiger partial charge is 0.248 e. The molecule has 5 nitrogen and oxygen atoms in total. The lowest BCUT2D eigenvalue weighted by Gasteiger charge is -2.33. The van der Waals surface area contributed by atoms with Crippen molar-refractivity contribution in [1.29, 1.82) is 0 Å². The van der Waals surface area contributed by atoms with Crippen LogP contribution < -0.4 is 0 Å². The normalized spacial score (nSPS) is 29.8. The van der Waals surface area contributed by atoms with Gasteiger partial charge in [0, 0.05) is 19.7 Å². The molecule has 5 heteroatoms. The van der Waals surface area contributed by atoms with Crippen LogP contribution in [0, 0.1) is 0 Å². The van der Waals surface area contributed by atoms with E-state index in [0.29, 0.717) is 19.7 Å². The fourth-order valence-electron chi connectivity index (χ4n) is 2.86. The van der Waals surface area contributed by atoms with Crippen LogP contribution in [0.4, 0.5) is 0 Å². The lowest BCUT2D eigenvalue weighted by Crippen LogP contribution is -2.46. The Hall–Kier alpha value is -0.650. The van der Waals surface area contributed by atoms with Gasteiger partial charge in [0.25, 0.3) is 0 Å². The molecule has 1 amide bonds. The van der Waals surface area contributed by atoms with Crippen molar-refractivity contribution in [3.63, 3.8) is 0 Å². The van der Waals surface area contributed by atoms with Crippen molar-refractivity contribution in [2.24, 2.45) is 0 Å². The first kappa shape index (κ1) is 13.8. The quantitative estimate of drug-likeness (QED) is 0.774. The zero-order chi connectivity index (χ0) is 13.0. The summed E-state index contributed by atoms with van der Waals surface area (Å²) in [5, 5.41) is 10.1. The van der Waals surface area contributed by atoms with Gasteiger partial charge in [-0.3, -0.25) is 9.69 Å². The number of aliphatic hydroxyl groups is 1. The third kappa shape index (κ3) is 3.22. The van der Waals surface area contributed by atoms with Crippen LogP contribution in [0.25, 0.3) is 0 Å². The summed E-state index contributed by atoms with van der Waals surface area (Å²) in [5.74, 6) is -0.00425. The number of likely N-dealkylation sites (tertiary alicyclic amines) is 2. The number of amides is 1. The maximum Gasteiger partial charge on any atom is 0.248 e. The number of piperidine rings is 1. The van der Waals surface area contributed by atoms with Crippen LogP contribution in [0.2, 0.25) is 0 Å². The maximum absolute atomic E-state index is 11.8. The Morgan fingerprint density at radius 3 is 2.67 bits per heavy atom. The number of ether oxygens (including phenoxy) is 1. The van der Waals surface area contributed by atoms with E-state index in [-0.39, 0.29) is 18.6 Å². The van der Waals surface area contributed by atoms with Crippen molar-refractivity contribution in [1.82, 2.24) is 9.80 Å². The molecule has 0 saturated carbocycles. The molecular formula is C13H24N2O3. The molecule has 0 aromatic rings. The average Bonchev–Trinajstić information content (AvgIpc) is 2.79. The molecule has 0 aliphatic carbocycles. The van der Waals surface area contributed by atoms with Gasteiger partial charge in [0.15, 0.2) is 0 Å². The summed E-state index contributed by atoms with van der Waals surface area (Å²) in [4.78, 5) is 15.9. The average molecular weight is 256 g/mol. The van der Waals surface area contributed by atoms with Crippen molar-refractivity contribution in [2.45, 2.75) is 38.3 Å². The van der Waals surface area contributed by atoms with Crippen molar-refractivity contribution >= 4 is 5.91 Å². The summed E-state index contributed by atoms with van der Waals surface area (Å²) in [5.41, 5.74) is 0. The van der Waals surface area contributed by atoms with E-state index in [0.717, 1.165) is 13.1 Å². The molecule has 2 saturated heterocycles. The number of rotatable bonds is 4. The first-order valence-corrected chi connectivity index (χ1v) is 7.00. The number of aliphatic hydroxyl groups excluding tert-OH is 1. The Morgan fingerprint density at radius 1 is 1.28 bits per heavy atom. The molecule has 2 heterocycles. The number of hydrogen-bond donors (Lipinski definition) is 1. The summed E-state index contributed by atoms with van der Waals surface area (Å²) >= 11 is 0. The minimum atomic E-state index is -0.409. The van der Waals surface area contributed by atoms with E-state index in [9.17, 15) is 9.90 Å². The van der Waals surface area contributed by atoms with E-state index in [1.807, 2.05) is 6.92 Å². The van der Waals surface area contributed by atoms with Gasteiger partial charge in [0.1, 0.15) is 6.61 Å². The van der Waals surface area contributed by atoms with Gasteiger partial charge < -0.3 is 14.7 Å². The first-order valence-electron chi connectivity index (χ1n) is 7.00. The van der Waals surface area contributed by atoms with Crippen LogP contribution in [0.1, 0.15) is 26.2 Å². The van der Waals surface area contributed by atoms with Gasteiger partial charge in [-0.05, 0) is 32.9 Å². The number of nitrogens with zero attached hydrogens (tertiary/aromatic N) is 2. The highest BCUT2D eigenvalue weighted by atomic mass is 16.5. The van der Waals surface area contributed by atoms with Crippen LogP contribution >= 0.6 is 0 Å². The third-order valence-corrected chi connectivity index (χ3v) is 3.90. The number of carbonyl (C=O) groups is 1. The van der Waals surface area contributed by atoms with Gasteiger partial charge in [-0.1, -0.05) is 6.42 Å². The Kier molecular flexibility index (Phi) is 4.97. The minimum absolute atomic E-state index is 0.00425. The molecule has 2 fully saturated rings. The molecule has 2 aliphatic rings. The van der Waals surface area contributed by atoms with Crippen LogP contribution in [0.15, 0.2) is 0 Å². The van der Waals surface area contributed by atoms with Crippen LogP contribution in [-0.4, -0.2) is 72.4 Å². The molecule has 18 heavy (non-hydrogen) atoms. The number of β-amino-alcohol motifs (C(OH)–C–C–N with tert-alkyl or cyclic N) is 1. The summed E-state index contributed by atoms with van der Waals surface area (Å²) in [6.07, 6.45) is 3.28. The van der Waals surface area contributed by atoms with E-state index in [4.69, 9.17) is 4.74 Å². The summed E-state index contributed by atoms with van der Waals surface area (Å²) in [6, 6.07) is 0.121. The minimum Gasteiger partial charge on any atom is -0.390 e. The zero-order valence-corrected chi connectivity index (χ0v) is 11.2. The molecule has 0 aromatic heterocycles. The van der Waals surface area contributed by atoms with Gasteiger partial charge in [-0.25, -0.2) is 0 Å². The highest BCUT2D eigenvalue weighted by molar-refractivity contribution is 5.77. The van der Waals surface area contributed by atoms with Crippen molar-refractivity contribution in [3.05, 3.63) is 0 Å². The van der Waals surface area contributed by atoms with Crippen molar-refractivity contribution in [2.75, 3.05) is 39.4 Å². The molecule has 0 aromatic carbocycles. The lowest BCUT2D eigenvalue weighted by molar-refractivity contribution is -0.135. The largest absolute Gasteiger partial charge is 0.390 e. The fraction of sp³-hybridized carbons (Fsp3) is 0.923. The second-order valence-corrected chi connectivity index (χ2v) is 5.17. The van der Waals surface area contributed by atoms with Crippen LogP contribution in [0.3, 0.4) is 0 Å². The maximum atomic E-state index is 11.8. The summed E-state index contributed by atoms with van der Waals surface area (Å²) < 4.78 is 5.14. The predicted molar refractivity (Wildman–Crippen MR) is 68.3 cm³/mol. The molecule has 0 bridgehead atoms. The van der Waals surface area contributed by atoms with Gasteiger partial charge in [0.05, 0.1) is 12.1 Å². The van der Waals surface area contributed by atoms with Gasteiger partial charge >= 0.3 is 0 Å². The van der Waals surface area contributed by atoms with E-state index in [2.05, 4.69) is 4.90 Å². The third-order valence-electron chi connectivity index (χ3n) is 3.90. The molecule has 2 aliphatic heterocycles. The van der Waals surface area contributed by atoms with Crippen LogP contribution in [0.5, 0.6) is 0 Å². The molecule has 0 unspecified atom stereocenters. The second-order valence-electron chi connectivity index (χ2n) is 5.17. The Balaban J connectivity index is 1.85. The van der Waals surface area contributed by atoms with E-state index in [1.54, 1.807) is 4.90 Å². The highest BCUT2D eigenvalue weighted by Gasteiger charge is 2.37. The zero-order valence-electron chi connectivity index (χ0n) is 11.2. The SMILES string of the molecule is CCOCC(=O)N1C[C@H](O)[C@@H](N2CCCCC2)C1. The first-order chi connectivity index (χ1) is 8.72. The van der Waals surface area contributed by atoms with Crippen molar-refractivity contribution < 1.29 is 14.6 Å². The van der Waals surface area contributed by atoms with E-state index < -0.39 is 6.10 Å². The Morgan fingerprint density at radius 2 is 2.00 bits per heavy atom. The standard InChI is InChI=1S/C13H24N2O3/c1-2-18-10-13(17)15-8-11(12(16)9-15)14-6-4-3-5-7-14/h11-12,16H,2-10H2,1H3/t11-,12-/m0/s1. The fourth-order valence-corrected chi connectivity index (χ4v) is 2.86. The molecule has 2 rings (SSSR count). The summed E-state index contributed by atoms with van der Waals surface area (Å²) in [6.45, 7) is 5.76.